The van der Waals surface area contributed by atoms with Gasteiger partial charge >= 0.3 is 0 Å². The highest BCUT2D eigenvalue weighted by molar-refractivity contribution is 4.72. The van der Waals surface area contributed by atoms with E-state index in [-0.39, 0.29) is 0 Å². The Morgan fingerprint density at radius 2 is 2.00 bits per heavy atom. The third-order valence-corrected chi connectivity index (χ3v) is 2.61. The molecule has 60 valence electrons. The second-order valence-corrected chi connectivity index (χ2v) is 3.43. The molecule has 10 heavy (non-hydrogen) atoms. The minimum absolute atomic E-state index is 0.485. The molecule has 0 amide bonds. The van der Waals surface area contributed by atoms with Gasteiger partial charge in [0, 0.05) is 0 Å². The largest absolute Gasteiger partial charge is 0.375 e. The average molecular weight is 142 g/mol. The van der Waals surface area contributed by atoms with Crippen molar-refractivity contribution in [3.63, 3.8) is 0 Å². The van der Waals surface area contributed by atoms with Crippen LogP contribution in [0.1, 0.15) is 40.0 Å². The standard InChI is InChI=1S/C9H18O/c1-4-9-6-5-7(2)8(3)10-9/h7-9H,4-6H2,1-3H3/t7-,8-,9?/m1/s1. The van der Waals surface area contributed by atoms with Crippen molar-refractivity contribution in [2.45, 2.75) is 52.2 Å². The van der Waals surface area contributed by atoms with E-state index in [9.17, 15) is 0 Å². The fourth-order valence-corrected chi connectivity index (χ4v) is 1.49. The first-order chi connectivity index (χ1) is 4.74. The molecular weight excluding hydrogens is 124 g/mol. The minimum Gasteiger partial charge on any atom is -0.375 e. The fourth-order valence-electron chi connectivity index (χ4n) is 1.49. The van der Waals surface area contributed by atoms with Crippen molar-refractivity contribution in [1.82, 2.24) is 0 Å². The maximum Gasteiger partial charge on any atom is 0.0576 e. The van der Waals surface area contributed by atoms with E-state index < -0.39 is 0 Å². The summed E-state index contributed by atoms with van der Waals surface area (Å²) in [6.07, 6.45) is 4.82. The number of rotatable bonds is 1. The summed E-state index contributed by atoms with van der Waals surface area (Å²) in [6, 6.07) is 0. The molecule has 1 rings (SSSR count). The zero-order valence-electron chi connectivity index (χ0n) is 7.26. The summed E-state index contributed by atoms with van der Waals surface area (Å²) in [5.74, 6) is 0.766. The normalized spacial score (nSPS) is 41.7. The SMILES string of the molecule is CCC1CC[C@@H](C)[C@@H](C)O1. The zero-order chi connectivity index (χ0) is 7.56. The van der Waals surface area contributed by atoms with Crippen molar-refractivity contribution in [1.29, 1.82) is 0 Å². The molecule has 1 heterocycles. The summed E-state index contributed by atoms with van der Waals surface area (Å²) < 4.78 is 5.75. The highest BCUT2D eigenvalue weighted by atomic mass is 16.5. The van der Waals surface area contributed by atoms with Crippen LogP contribution in [-0.2, 0) is 4.74 Å². The third kappa shape index (κ3) is 1.72. The van der Waals surface area contributed by atoms with E-state index in [1.54, 1.807) is 0 Å². The molecule has 0 aromatic rings. The molecule has 1 aliphatic heterocycles. The van der Waals surface area contributed by atoms with E-state index in [2.05, 4.69) is 20.8 Å². The summed E-state index contributed by atoms with van der Waals surface area (Å²) in [4.78, 5) is 0. The molecule has 1 heteroatoms. The van der Waals surface area contributed by atoms with Gasteiger partial charge in [-0.05, 0) is 32.1 Å². The van der Waals surface area contributed by atoms with Crippen molar-refractivity contribution < 1.29 is 4.74 Å². The van der Waals surface area contributed by atoms with Crippen LogP contribution in [0.25, 0.3) is 0 Å². The fraction of sp³-hybridized carbons (Fsp3) is 1.00. The second-order valence-electron chi connectivity index (χ2n) is 3.43. The summed E-state index contributed by atoms with van der Waals surface area (Å²) >= 11 is 0. The lowest BCUT2D eigenvalue weighted by molar-refractivity contribution is -0.0695. The van der Waals surface area contributed by atoms with E-state index in [0.29, 0.717) is 12.2 Å². The van der Waals surface area contributed by atoms with E-state index in [4.69, 9.17) is 4.74 Å². The Bertz CT molecular complexity index is 101. The van der Waals surface area contributed by atoms with Crippen LogP contribution in [-0.4, -0.2) is 12.2 Å². The van der Waals surface area contributed by atoms with E-state index in [1.165, 1.54) is 19.3 Å². The van der Waals surface area contributed by atoms with Crippen LogP contribution in [0.4, 0.5) is 0 Å². The highest BCUT2D eigenvalue weighted by Crippen LogP contribution is 2.25. The van der Waals surface area contributed by atoms with Crippen molar-refractivity contribution in [3.05, 3.63) is 0 Å². The Balaban J connectivity index is 2.33. The molecule has 0 saturated carbocycles. The van der Waals surface area contributed by atoms with Gasteiger partial charge in [0.1, 0.15) is 0 Å². The predicted octanol–water partition coefficient (Wildman–Crippen LogP) is 2.60. The van der Waals surface area contributed by atoms with Gasteiger partial charge in [-0.15, -0.1) is 0 Å². The molecule has 0 aromatic carbocycles. The Morgan fingerprint density at radius 1 is 1.30 bits per heavy atom. The Labute approximate surface area is 63.8 Å². The first-order valence-corrected chi connectivity index (χ1v) is 4.39. The van der Waals surface area contributed by atoms with Crippen LogP contribution in [0.5, 0.6) is 0 Å². The smallest absolute Gasteiger partial charge is 0.0576 e. The molecule has 0 aliphatic carbocycles. The lowest BCUT2D eigenvalue weighted by Gasteiger charge is -2.32. The zero-order valence-corrected chi connectivity index (χ0v) is 7.26. The van der Waals surface area contributed by atoms with Gasteiger partial charge in [0.15, 0.2) is 0 Å². The summed E-state index contributed by atoms with van der Waals surface area (Å²) in [7, 11) is 0. The Kier molecular flexibility index (Phi) is 2.72. The van der Waals surface area contributed by atoms with Crippen molar-refractivity contribution >= 4 is 0 Å². The molecular formula is C9H18O. The lowest BCUT2D eigenvalue weighted by atomic mass is 9.93. The van der Waals surface area contributed by atoms with Gasteiger partial charge in [0.2, 0.25) is 0 Å². The summed E-state index contributed by atoms with van der Waals surface area (Å²) in [5, 5.41) is 0. The van der Waals surface area contributed by atoms with Gasteiger partial charge in [0.25, 0.3) is 0 Å². The van der Waals surface area contributed by atoms with Gasteiger partial charge in [-0.25, -0.2) is 0 Å². The maximum atomic E-state index is 5.75. The molecule has 1 unspecified atom stereocenters. The molecule has 1 nitrogen and oxygen atoms in total. The molecule has 3 atom stereocenters. The monoisotopic (exact) mass is 142 g/mol. The molecule has 0 spiro atoms. The number of hydrogen-bond donors (Lipinski definition) is 0. The van der Waals surface area contributed by atoms with Crippen LogP contribution in [0.3, 0.4) is 0 Å². The number of hydrogen-bond acceptors (Lipinski definition) is 1. The first-order valence-electron chi connectivity index (χ1n) is 4.39. The average Bonchev–Trinajstić information content (AvgIpc) is 1.95. The predicted molar refractivity (Wildman–Crippen MR) is 43.0 cm³/mol. The van der Waals surface area contributed by atoms with Crippen LogP contribution >= 0.6 is 0 Å². The summed E-state index contributed by atoms with van der Waals surface area (Å²) in [6.45, 7) is 6.66. The second kappa shape index (κ2) is 3.38. The molecule has 1 fully saturated rings. The van der Waals surface area contributed by atoms with Gasteiger partial charge in [-0.2, -0.15) is 0 Å². The minimum atomic E-state index is 0.485. The quantitative estimate of drug-likeness (QED) is 0.547. The topological polar surface area (TPSA) is 9.23 Å². The Hall–Kier alpha value is -0.0400. The molecule has 0 aromatic heterocycles. The van der Waals surface area contributed by atoms with Crippen LogP contribution in [0.2, 0.25) is 0 Å². The van der Waals surface area contributed by atoms with E-state index >= 15 is 0 Å². The van der Waals surface area contributed by atoms with Crippen molar-refractivity contribution in [2.75, 3.05) is 0 Å². The lowest BCUT2D eigenvalue weighted by Crippen LogP contribution is -2.30. The van der Waals surface area contributed by atoms with Crippen LogP contribution in [0.15, 0.2) is 0 Å². The highest BCUT2D eigenvalue weighted by Gasteiger charge is 2.23. The maximum absolute atomic E-state index is 5.75. The Morgan fingerprint density at radius 3 is 2.50 bits per heavy atom. The molecule has 0 radical (unpaired) electrons. The van der Waals surface area contributed by atoms with Crippen molar-refractivity contribution in [2.24, 2.45) is 5.92 Å². The molecule has 1 saturated heterocycles. The molecule has 1 aliphatic rings. The van der Waals surface area contributed by atoms with E-state index in [1.807, 2.05) is 0 Å². The van der Waals surface area contributed by atoms with Crippen molar-refractivity contribution in [3.8, 4) is 0 Å². The number of ether oxygens (including phenoxy) is 1. The van der Waals surface area contributed by atoms with Crippen LogP contribution in [0, 0.1) is 5.92 Å². The van der Waals surface area contributed by atoms with Gasteiger partial charge < -0.3 is 4.74 Å². The van der Waals surface area contributed by atoms with Crippen LogP contribution < -0.4 is 0 Å². The van der Waals surface area contributed by atoms with Gasteiger partial charge in [-0.1, -0.05) is 13.8 Å². The third-order valence-electron chi connectivity index (χ3n) is 2.61. The first kappa shape index (κ1) is 8.06. The summed E-state index contributed by atoms with van der Waals surface area (Å²) in [5.41, 5.74) is 0. The molecule has 0 N–H and O–H groups in total. The van der Waals surface area contributed by atoms with Gasteiger partial charge in [-0.3, -0.25) is 0 Å². The molecule has 0 bridgehead atoms. The van der Waals surface area contributed by atoms with E-state index in [0.717, 1.165) is 5.92 Å². The van der Waals surface area contributed by atoms with Gasteiger partial charge in [0.05, 0.1) is 12.2 Å².